The van der Waals surface area contributed by atoms with Gasteiger partial charge in [-0.3, -0.25) is 0 Å². The SMILES string of the molecule is C=C=C[Si](C)(C)C.O/C(=C\C(O)C(F)(F)F)C(F)(F)F.[Cu]. The van der Waals surface area contributed by atoms with E-state index in [-0.39, 0.29) is 17.1 Å². The Hall–Kier alpha value is -0.664. The summed E-state index contributed by atoms with van der Waals surface area (Å²) in [5.74, 6) is -2.47. The van der Waals surface area contributed by atoms with Crippen LogP contribution in [0.5, 0.6) is 0 Å². The molecule has 0 amide bonds. The van der Waals surface area contributed by atoms with Crippen molar-refractivity contribution in [3.05, 3.63) is 29.8 Å². The fourth-order valence-corrected chi connectivity index (χ4v) is 1.26. The number of rotatable bonds is 2. The van der Waals surface area contributed by atoms with E-state index in [1.54, 1.807) is 0 Å². The van der Waals surface area contributed by atoms with Gasteiger partial charge in [-0.05, 0) is 0 Å². The summed E-state index contributed by atoms with van der Waals surface area (Å²) in [6, 6.07) is 0. The number of hydrogen-bond acceptors (Lipinski definition) is 2. The quantitative estimate of drug-likeness (QED) is 0.325. The molecular weight excluding hydrogens is 370 g/mol. The average molecular weight is 386 g/mol. The van der Waals surface area contributed by atoms with Crippen LogP contribution in [0.3, 0.4) is 0 Å². The molecule has 21 heavy (non-hydrogen) atoms. The smallest absolute Gasteiger partial charge is 0.448 e. The van der Waals surface area contributed by atoms with Crippen molar-refractivity contribution >= 4 is 8.07 Å². The van der Waals surface area contributed by atoms with Gasteiger partial charge in [-0.2, -0.15) is 26.3 Å². The molecule has 0 saturated heterocycles. The first-order chi connectivity index (χ1) is 8.61. The van der Waals surface area contributed by atoms with Crippen LogP contribution in [0.4, 0.5) is 26.3 Å². The van der Waals surface area contributed by atoms with Crippen LogP contribution in [0.15, 0.2) is 29.8 Å². The third-order valence-corrected chi connectivity index (χ3v) is 2.55. The summed E-state index contributed by atoms with van der Waals surface area (Å²) in [5, 5.41) is 16.1. The Bertz CT molecular complexity index is 378. The van der Waals surface area contributed by atoms with Gasteiger partial charge in [0, 0.05) is 23.1 Å². The van der Waals surface area contributed by atoms with E-state index in [0.717, 1.165) is 0 Å². The molecule has 0 aliphatic rings. The van der Waals surface area contributed by atoms with E-state index in [2.05, 4.69) is 37.7 Å². The summed E-state index contributed by atoms with van der Waals surface area (Å²) in [5.41, 5.74) is 4.88. The fraction of sp³-hybridized carbons (Fsp3) is 0.545. The van der Waals surface area contributed by atoms with E-state index >= 15 is 0 Å². The Kier molecular flexibility index (Phi) is 11.3. The third-order valence-electron chi connectivity index (χ3n) is 1.48. The van der Waals surface area contributed by atoms with Gasteiger partial charge in [-0.25, -0.2) is 0 Å². The van der Waals surface area contributed by atoms with E-state index in [1.807, 2.05) is 0 Å². The number of allylic oxidation sites excluding steroid dienone is 1. The zero-order valence-electron chi connectivity index (χ0n) is 11.4. The zero-order valence-corrected chi connectivity index (χ0v) is 13.3. The summed E-state index contributed by atoms with van der Waals surface area (Å²) in [6.45, 7) is 10.3. The van der Waals surface area contributed by atoms with E-state index in [0.29, 0.717) is 0 Å². The standard InChI is InChI=1S/C6H12Si.C5H4F6O2.Cu/c1-5-6-7(2,3)4;6-4(7,8)2(12)1-3(13)5(9,10)11;/h6H,1H2,2-4H3;1-2,12-13H;/b;3-1-;. The Morgan fingerprint density at radius 2 is 1.52 bits per heavy atom. The van der Waals surface area contributed by atoms with Gasteiger partial charge in [0.15, 0.2) is 11.9 Å². The van der Waals surface area contributed by atoms with Gasteiger partial charge in [-0.1, -0.05) is 31.9 Å². The molecular formula is C11H16CuF6O2Si. The van der Waals surface area contributed by atoms with Crippen molar-refractivity contribution in [1.29, 1.82) is 0 Å². The van der Waals surface area contributed by atoms with E-state index in [1.165, 1.54) is 0 Å². The van der Waals surface area contributed by atoms with Gasteiger partial charge in [0.1, 0.15) is 0 Å². The molecule has 0 rings (SSSR count). The molecule has 10 heteroatoms. The van der Waals surface area contributed by atoms with Crippen molar-refractivity contribution in [2.45, 2.75) is 38.1 Å². The number of alkyl halides is 6. The van der Waals surface area contributed by atoms with Gasteiger partial charge in [0.25, 0.3) is 0 Å². The van der Waals surface area contributed by atoms with Crippen LogP contribution in [0.1, 0.15) is 0 Å². The first-order valence-corrected chi connectivity index (χ1v) is 8.78. The Morgan fingerprint density at radius 1 is 1.14 bits per heavy atom. The number of hydrogen-bond donors (Lipinski definition) is 2. The molecule has 0 aromatic heterocycles. The summed E-state index contributed by atoms with van der Waals surface area (Å²) in [7, 11) is -0.956. The van der Waals surface area contributed by atoms with E-state index in [4.69, 9.17) is 10.2 Å². The molecule has 0 spiro atoms. The van der Waals surface area contributed by atoms with Crippen LogP contribution in [-0.2, 0) is 17.1 Å². The van der Waals surface area contributed by atoms with Crippen LogP contribution in [-0.4, -0.2) is 36.7 Å². The van der Waals surface area contributed by atoms with Crippen LogP contribution < -0.4 is 0 Å². The Labute approximate surface area is 130 Å². The molecule has 0 aromatic carbocycles. The molecule has 0 aliphatic heterocycles. The molecule has 1 atom stereocenters. The molecule has 0 aromatic rings. The third kappa shape index (κ3) is 15.5. The second kappa shape index (κ2) is 9.37. The molecule has 0 fully saturated rings. The Balaban J connectivity index is -0.000000347. The van der Waals surface area contributed by atoms with Crippen LogP contribution in [0.2, 0.25) is 19.6 Å². The first-order valence-electron chi connectivity index (χ1n) is 5.21. The predicted molar refractivity (Wildman–Crippen MR) is 65.9 cm³/mol. The molecule has 129 valence electrons. The van der Waals surface area contributed by atoms with Crippen LogP contribution in [0, 0.1) is 0 Å². The normalized spacial score (nSPS) is 14.1. The predicted octanol–water partition coefficient (Wildman–Crippen LogP) is 4.12. The van der Waals surface area contributed by atoms with Crippen LogP contribution >= 0.6 is 0 Å². The zero-order chi connectivity index (χ0) is 16.8. The largest absolute Gasteiger partial charge is 0.504 e. The number of halogens is 6. The minimum atomic E-state index is -5.29. The van der Waals surface area contributed by atoms with Crippen molar-refractivity contribution in [3.8, 4) is 0 Å². The second-order valence-corrected chi connectivity index (χ2v) is 9.77. The summed E-state index contributed by atoms with van der Waals surface area (Å²) < 4.78 is 68.5. The van der Waals surface area contributed by atoms with E-state index in [9.17, 15) is 26.3 Å². The topological polar surface area (TPSA) is 40.5 Å². The second-order valence-electron chi connectivity index (χ2n) is 4.75. The molecule has 0 aliphatic carbocycles. The Morgan fingerprint density at radius 3 is 1.67 bits per heavy atom. The molecule has 0 heterocycles. The maximum Gasteiger partial charge on any atom is 0.448 e. The molecule has 2 N–H and O–H groups in total. The minimum Gasteiger partial charge on any atom is -0.504 e. The van der Waals surface area contributed by atoms with Gasteiger partial charge < -0.3 is 10.2 Å². The van der Waals surface area contributed by atoms with Crippen LogP contribution in [0.25, 0.3) is 0 Å². The summed E-state index contributed by atoms with van der Waals surface area (Å²) in [4.78, 5) is 0. The average Bonchev–Trinajstić information content (AvgIpc) is 2.13. The monoisotopic (exact) mass is 385 g/mol. The van der Waals surface area contributed by atoms with Gasteiger partial charge >= 0.3 is 12.4 Å². The molecule has 0 bridgehead atoms. The summed E-state index contributed by atoms with van der Waals surface area (Å²) in [6.07, 6.45) is -14.6. The van der Waals surface area contributed by atoms with Gasteiger partial charge in [-0.15, -0.1) is 5.73 Å². The van der Waals surface area contributed by atoms with Crippen molar-refractivity contribution in [2.75, 3.05) is 0 Å². The maximum atomic E-state index is 11.4. The summed E-state index contributed by atoms with van der Waals surface area (Å²) >= 11 is 0. The van der Waals surface area contributed by atoms with Crippen molar-refractivity contribution in [3.63, 3.8) is 0 Å². The van der Waals surface area contributed by atoms with Gasteiger partial charge in [0.05, 0.1) is 8.07 Å². The molecule has 2 nitrogen and oxygen atoms in total. The van der Waals surface area contributed by atoms with Crippen molar-refractivity contribution in [2.24, 2.45) is 0 Å². The minimum absolute atomic E-state index is 0. The number of aliphatic hydroxyl groups is 2. The molecule has 0 saturated carbocycles. The van der Waals surface area contributed by atoms with Crippen molar-refractivity contribution in [1.82, 2.24) is 0 Å². The molecule has 1 radical (unpaired) electrons. The first kappa shape index (κ1) is 25.3. The van der Waals surface area contributed by atoms with E-state index < -0.39 is 38.4 Å². The molecule has 1 unspecified atom stereocenters. The fourth-order valence-electron chi connectivity index (χ4n) is 0.645. The number of aliphatic hydroxyl groups excluding tert-OH is 2. The van der Waals surface area contributed by atoms with Crippen molar-refractivity contribution < 1.29 is 53.6 Å². The maximum absolute atomic E-state index is 11.4. The van der Waals surface area contributed by atoms with Gasteiger partial charge in [0.2, 0.25) is 0 Å².